The molecule has 1 amide bonds. The van der Waals surface area contributed by atoms with Crippen LogP contribution in [0.15, 0.2) is 12.1 Å². The molecule has 0 unspecified atom stereocenters. The zero-order chi connectivity index (χ0) is 16.0. The third-order valence-electron chi connectivity index (χ3n) is 2.93. The molecule has 2 N–H and O–H groups in total. The fourth-order valence-corrected chi connectivity index (χ4v) is 2.06. The van der Waals surface area contributed by atoms with Gasteiger partial charge in [-0.15, -0.1) is 0 Å². The van der Waals surface area contributed by atoms with Gasteiger partial charge in [-0.25, -0.2) is 0 Å². The van der Waals surface area contributed by atoms with Crippen LogP contribution in [0.1, 0.15) is 17.3 Å². The van der Waals surface area contributed by atoms with E-state index in [2.05, 4.69) is 0 Å². The molecule has 0 spiro atoms. The molecule has 21 heavy (non-hydrogen) atoms. The molecule has 0 aliphatic heterocycles. The van der Waals surface area contributed by atoms with E-state index in [-0.39, 0.29) is 17.4 Å². The third-order valence-corrected chi connectivity index (χ3v) is 3.06. The summed E-state index contributed by atoms with van der Waals surface area (Å²) in [6, 6.07) is 3.21. The van der Waals surface area contributed by atoms with Gasteiger partial charge in [0.2, 0.25) is 5.75 Å². The Bertz CT molecular complexity index is 509. The Balaban J connectivity index is 3.23. The van der Waals surface area contributed by atoms with Crippen LogP contribution in [0.2, 0.25) is 0 Å². The Kier molecular flexibility index (Phi) is 6.23. The standard InChI is InChI=1S/C14H20N2O4S/c1-5-16(8-12(15)21)14(17)9-6-10(18-2)13(20-4)11(7-9)19-3/h6-7H,5,8H2,1-4H3,(H2,15,21). The van der Waals surface area contributed by atoms with Gasteiger partial charge in [0.05, 0.1) is 32.9 Å². The minimum atomic E-state index is -0.204. The Morgan fingerprint density at radius 3 is 2.05 bits per heavy atom. The van der Waals surface area contributed by atoms with E-state index in [1.54, 1.807) is 17.0 Å². The van der Waals surface area contributed by atoms with Crippen LogP contribution in [0, 0.1) is 0 Å². The van der Waals surface area contributed by atoms with E-state index < -0.39 is 0 Å². The van der Waals surface area contributed by atoms with Crippen molar-refractivity contribution < 1.29 is 19.0 Å². The van der Waals surface area contributed by atoms with Gasteiger partial charge in [0.15, 0.2) is 11.5 Å². The third kappa shape index (κ3) is 3.98. The first-order chi connectivity index (χ1) is 9.98. The molecule has 0 fully saturated rings. The van der Waals surface area contributed by atoms with Crippen molar-refractivity contribution in [2.45, 2.75) is 6.92 Å². The normalized spacial score (nSPS) is 9.90. The molecule has 0 aliphatic carbocycles. The van der Waals surface area contributed by atoms with Crippen molar-refractivity contribution in [1.82, 2.24) is 4.90 Å². The first-order valence-electron chi connectivity index (χ1n) is 6.36. The highest BCUT2D eigenvalue weighted by Gasteiger charge is 2.20. The minimum absolute atomic E-state index is 0.204. The molecular weight excluding hydrogens is 292 g/mol. The molecule has 6 nitrogen and oxygen atoms in total. The van der Waals surface area contributed by atoms with Gasteiger partial charge < -0.3 is 24.8 Å². The number of likely N-dealkylation sites (N-methyl/N-ethyl adjacent to an activating group) is 1. The van der Waals surface area contributed by atoms with Crippen LogP contribution in [0.4, 0.5) is 0 Å². The van der Waals surface area contributed by atoms with Gasteiger partial charge in [0, 0.05) is 12.1 Å². The van der Waals surface area contributed by atoms with Gasteiger partial charge in [-0.05, 0) is 19.1 Å². The highest BCUT2D eigenvalue weighted by atomic mass is 32.1. The number of carbonyl (C=O) groups excluding carboxylic acids is 1. The van der Waals surface area contributed by atoms with Crippen molar-refractivity contribution >= 4 is 23.1 Å². The number of ether oxygens (including phenoxy) is 3. The summed E-state index contributed by atoms with van der Waals surface area (Å²) in [5.74, 6) is 1.08. The van der Waals surface area contributed by atoms with Crippen molar-refractivity contribution in [2.24, 2.45) is 5.73 Å². The molecule has 0 heterocycles. The first kappa shape index (κ1) is 17.0. The van der Waals surface area contributed by atoms with Gasteiger partial charge in [0.25, 0.3) is 5.91 Å². The Labute approximate surface area is 129 Å². The van der Waals surface area contributed by atoms with Crippen LogP contribution >= 0.6 is 12.2 Å². The number of carbonyl (C=O) groups is 1. The summed E-state index contributed by atoms with van der Waals surface area (Å²) in [5.41, 5.74) is 5.93. The second-order valence-corrected chi connectivity index (χ2v) is 4.72. The van der Waals surface area contributed by atoms with Crippen LogP contribution in [-0.4, -0.2) is 50.2 Å². The van der Waals surface area contributed by atoms with Crippen molar-refractivity contribution in [3.63, 3.8) is 0 Å². The van der Waals surface area contributed by atoms with E-state index in [0.29, 0.717) is 29.4 Å². The average molecular weight is 312 g/mol. The highest BCUT2D eigenvalue weighted by Crippen LogP contribution is 2.38. The van der Waals surface area contributed by atoms with Crippen molar-refractivity contribution in [3.8, 4) is 17.2 Å². The van der Waals surface area contributed by atoms with Gasteiger partial charge in [-0.1, -0.05) is 12.2 Å². The number of rotatable bonds is 7. The maximum absolute atomic E-state index is 12.5. The van der Waals surface area contributed by atoms with Crippen LogP contribution in [0.25, 0.3) is 0 Å². The lowest BCUT2D eigenvalue weighted by Crippen LogP contribution is -2.37. The molecule has 0 aromatic heterocycles. The predicted octanol–water partition coefficient (Wildman–Crippen LogP) is 1.46. The minimum Gasteiger partial charge on any atom is -0.493 e. The van der Waals surface area contributed by atoms with Crippen molar-refractivity contribution in [3.05, 3.63) is 17.7 Å². The second-order valence-electron chi connectivity index (χ2n) is 4.20. The molecule has 1 rings (SSSR count). The number of benzene rings is 1. The monoisotopic (exact) mass is 312 g/mol. The number of nitrogens with two attached hydrogens (primary N) is 1. The Morgan fingerprint density at radius 2 is 1.71 bits per heavy atom. The average Bonchev–Trinajstić information content (AvgIpc) is 2.49. The Hall–Kier alpha value is -2.02. The molecule has 0 saturated heterocycles. The summed E-state index contributed by atoms with van der Waals surface area (Å²) in [5, 5.41) is 0. The van der Waals surface area contributed by atoms with E-state index in [1.807, 2.05) is 6.92 Å². The van der Waals surface area contributed by atoms with Crippen LogP contribution in [0.5, 0.6) is 17.2 Å². The fraction of sp³-hybridized carbons (Fsp3) is 0.429. The van der Waals surface area contributed by atoms with Crippen molar-refractivity contribution in [2.75, 3.05) is 34.4 Å². The summed E-state index contributed by atoms with van der Waals surface area (Å²) in [7, 11) is 4.50. The van der Waals surface area contributed by atoms with E-state index in [1.165, 1.54) is 21.3 Å². The van der Waals surface area contributed by atoms with Crippen LogP contribution in [0.3, 0.4) is 0 Å². The summed E-state index contributed by atoms with van der Waals surface area (Å²) in [4.78, 5) is 14.3. The number of thiocarbonyl (C=S) groups is 1. The summed E-state index contributed by atoms with van der Waals surface area (Å²) < 4.78 is 15.7. The fourth-order valence-electron chi connectivity index (χ4n) is 1.90. The zero-order valence-corrected chi connectivity index (χ0v) is 13.5. The molecule has 1 aromatic rings. The van der Waals surface area contributed by atoms with E-state index in [4.69, 9.17) is 32.2 Å². The lowest BCUT2D eigenvalue weighted by Gasteiger charge is -2.21. The smallest absolute Gasteiger partial charge is 0.254 e. The molecule has 0 atom stereocenters. The van der Waals surface area contributed by atoms with E-state index >= 15 is 0 Å². The summed E-state index contributed by atoms with van der Waals surface area (Å²) in [6.45, 7) is 2.57. The second kappa shape index (κ2) is 7.68. The molecule has 0 bridgehead atoms. The Morgan fingerprint density at radius 1 is 1.19 bits per heavy atom. The quantitative estimate of drug-likeness (QED) is 0.768. The molecule has 0 saturated carbocycles. The predicted molar refractivity (Wildman–Crippen MR) is 84.5 cm³/mol. The number of methoxy groups -OCH3 is 3. The number of hydrogen-bond acceptors (Lipinski definition) is 5. The highest BCUT2D eigenvalue weighted by molar-refractivity contribution is 7.80. The van der Waals surface area contributed by atoms with Gasteiger partial charge >= 0.3 is 0 Å². The largest absolute Gasteiger partial charge is 0.493 e. The number of amides is 1. The first-order valence-corrected chi connectivity index (χ1v) is 6.76. The zero-order valence-electron chi connectivity index (χ0n) is 12.6. The summed E-state index contributed by atoms with van der Waals surface area (Å²) >= 11 is 4.86. The van der Waals surface area contributed by atoms with E-state index in [9.17, 15) is 4.79 Å². The number of nitrogens with zero attached hydrogens (tertiary/aromatic N) is 1. The maximum Gasteiger partial charge on any atom is 0.254 e. The number of hydrogen-bond donors (Lipinski definition) is 1. The van der Waals surface area contributed by atoms with Gasteiger partial charge in [-0.2, -0.15) is 0 Å². The van der Waals surface area contributed by atoms with Crippen molar-refractivity contribution in [1.29, 1.82) is 0 Å². The molecule has 0 aliphatic rings. The van der Waals surface area contributed by atoms with E-state index in [0.717, 1.165) is 0 Å². The molecule has 0 radical (unpaired) electrons. The molecule has 7 heteroatoms. The van der Waals surface area contributed by atoms with Crippen LogP contribution in [-0.2, 0) is 0 Å². The molecule has 116 valence electrons. The van der Waals surface area contributed by atoms with Gasteiger partial charge in [0.1, 0.15) is 0 Å². The topological polar surface area (TPSA) is 74.0 Å². The summed E-state index contributed by atoms with van der Waals surface area (Å²) in [6.07, 6.45) is 0. The maximum atomic E-state index is 12.5. The molecular formula is C14H20N2O4S. The van der Waals surface area contributed by atoms with Gasteiger partial charge in [-0.3, -0.25) is 4.79 Å². The lowest BCUT2D eigenvalue weighted by molar-refractivity contribution is 0.0787. The SMILES string of the molecule is CCN(CC(N)=S)C(=O)c1cc(OC)c(OC)c(OC)c1. The molecule has 1 aromatic carbocycles. The van der Waals surface area contributed by atoms with Crippen LogP contribution < -0.4 is 19.9 Å². The lowest BCUT2D eigenvalue weighted by atomic mass is 10.1.